The van der Waals surface area contributed by atoms with Gasteiger partial charge in [-0.05, 0) is 56.0 Å². The van der Waals surface area contributed by atoms with Crippen molar-refractivity contribution in [1.82, 2.24) is 23.4 Å². The quantitative estimate of drug-likeness (QED) is 0.508. The smallest absolute Gasteiger partial charge is 0.333 e. The molecule has 1 aliphatic heterocycles. The minimum atomic E-state index is -3.19. The van der Waals surface area contributed by atoms with Crippen molar-refractivity contribution in [2.24, 2.45) is 5.92 Å². The van der Waals surface area contributed by atoms with E-state index in [2.05, 4.69) is 15.3 Å². The van der Waals surface area contributed by atoms with Crippen LogP contribution >= 0.6 is 0 Å². The van der Waals surface area contributed by atoms with E-state index in [1.165, 1.54) is 21.0 Å². The number of sulfonamides is 1. The van der Waals surface area contributed by atoms with E-state index in [0.717, 1.165) is 0 Å². The van der Waals surface area contributed by atoms with E-state index in [1.54, 1.807) is 42.1 Å². The van der Waals surface area contributed by atoms with Gasteiger partial charge in [-0.3, -0.25) is 9.13 Å². The lowest BCUT2D eigenvalue weighted by atomic mass is 10.1. The van der Waals surface area contributed by atoms with E-state index in [0.29, 0.717) is 55.5 Å². The topological polar surface area (TPSA) is 102 Å². The highest BCUT2D eigenvalue weighted by Crippen LogP contribution is 2.23. The number of nitrogens with zero attached hydrogens (tertiary/aromatic N) is 5. The van der Waals surface area contributed by atoms with Gasteiger partial charge < -0.3 is 5.32 Å². The second-order valence-corrected chi connectivity index (χ2v) is 11.4. The van der Waals surface area contributed by atoms with Gasteiger partial charge in [0.2, 0.25) is 16.0 Å². The summed E-state index contributed by atoms with van der Waals surface area (Å²) in [5.41, 5.74) is 1.46. The number of nitrogens with one attached hydrogen (secondary N) is 1. The summed E-state index contributed by atoms with van der Waals surface area (Å²) >= 11 is 0. The van der Waals surface area contributed by atoms with Crippen LogP contribution in [0.15, 0.2) is 47.5 Å². The fraction of sp³-hybridized carbons (Fsp3) is 0.458. The van der Waals surface area contributed by atoms with Crippen LogP contribution in [0.1, 0.15) is 33.6 Å². The molecule has 9 nitrogen and oxygen atoms in total. The number of hydrogen-bond donors (Lipinski definition) is 1. The number of anilines is 1. The molecule has 0 atom stereocenters. The maximum atomic E-state index is 13.5. The average Bonchev–Trinajstić information content (AvgIpc) is 3.15. The van der Waals surface area contributed by atoms with Gasteiger partial charge in [0.15, 0.2) is 0 Å². The van der Waals surface area contributed by atoms with E-state index >= 15 is 0 Å². The number of benzene rings is 1. The molecular formula is C24H31FN6O3S. The van der Waals surface area contributed by atoms with Crippen molar-refractivity contribution in [3.05, 3.63) is 59.0 Å². The maximum absolute atomic E-state index is 13.5. The lowest BCUT2D eigenvalue weighted by Crippen LogP contribution is -2.43. The predicted octanol–water partition coefficient (Wildman–Crippen LogP) is 3.12. The number of imidazole rings is 1. The van der Waals surface area contributed by atoms with Crippen LogP contribution in [0.3, 0.4) is 0 Å². The average molecular weight is 503 g/mol. The summed E-state index contributed by atoms with van der Waals surface area (Å²) in [5.74, 6) is 0.391. The number of rotatable bonds is 8. The Labute approximate surface area is 204 Å². The highest BCUT2D eigenvalue weighted by Gasteiger charge is 2.27. The first-order chi connectivity index (χ1) is 16.7. The molecule has 2 aromatic heterocycles. The summed E-state index contributed by atoms with van der Waals surface area (Å²) in [7, 11) is -3.19. The van der Waals surface area contributed by atoms with Crippen LogP contribution in [-0.2, 0) is 16.6 Å². The van der Waals surface area contributed by atoms with Crippen LogP contribution in [0.2, 0.25) is 0 Å². The van der Waals surface area contributed by atoms with E-state index in [1.807, 2.05) is 13.8 Å². The van der Waals surface area contributed by atoms with Crippen molar-refractivity contribution in [2.45, 2.75) is 46.2 Å². The van der Waals surface area contributed by atoms with Crippen molar-refractivity contribution in [2.75, 3.05) is 24.2 Å². The molecule has 0 spiro atoms. The predicted molar refractivity (Wildman–Crippen MR) is 134 cm³/mol. The lowest BCUT2D eigenvalue weighted by molar-refractivity contribution is 0.329. The summed E-state index contributed by atoms with van der Waals surface area (Å²) < 4.78 is 42.5. The van der Waals surface area contributed by atoms with Crippen LogP contribution in [0, 0.1) is 11.7 Å². The molecule has 188 valence electrons. The van der Waals surface area contributed by atoms with Gasteiger partial charge in [0.05, 0.1) is 22.8 Å². The highest BCUT2D eigenvalue weighted by molar-refractivity contribution is 7.89. The first-order valence-electron chi connectivity index (χ1n) is 11.8. The molecule has 35 heavy (non-hydrogen) atoms. The molecule has 3 heterocycles. The molecule has 1 aromatic carbocycles. The number of hydrogen-bond acceptors (Lipinski definition) is 6. The van der Waals surface area contributed by atoms with E-state index < -0.39 is 10.0 Å². The van der Waals surface area contributed by atoms with E-state index in [-0.39, 0.29) is 29.2 Å². The van der Waals surface area contributed by atoms with Gasteiger partial charge >= 0.3 is 5.69 Å². The van der Waals surface area contributed by atoms with Gasteiger partial charge in [-0.25, -0.2) is 31.9 Å². The molecule has 0 unspecified atom stereocenters. The van der Waals surface area contributed by atoms with Gasteiger partial charge in [-0.2, -0.15) is 0 Å². The Balaban J connectivity index is 1.61. The van der Waals surface area contributed by atoms with Crippen molar-refractivity contribution in [1.29, 1.82) is 0 Å². The third-order valence-corrected chi connectivity index (χ3v) is 7.95. The first-order valence-corrected chi connectivity index (χ1v) is 13.4. The van der Waals surface area contributed by atoms with E-state index in [4.69, 9.17) is 0 Å². The zero-order valence-electron chi connectivity index (χ0n) is 20.2. The second-order valence-electron chi connectivity index (χ2n) is 9.14. The number of halogens is 1. The third kappa shape index (κ3) is 5.62. The molecular weight excluding hydrogens is 471 g/mol. The van der Waals surface area contributed by atoms with Crippen LogP contribution in [0.5, 0.6) is 0 Å². The van der Waals surface area contributed by atoms with Crippen molar-refractivity contribution in [3.63, 3.8) is 0 Å². The summed E-state index contributed by atoms with van der Waals surface area (Å²) in [4.78, 5) is 22.2. The molecule has 0 bridgehead atoms. The van der Waals surface area contributed by atoms with Gasteiger partial charge in [0.25, 0.3) is 0 Å². The monoisotopic (exact) mass is 502 g/mol. The van der Waals surface area contributed by atoms with Crippen LogP contribution in [-0.4, -0.2) is 56.7 Å². The zero-order chi connectivity index (χ0) is 25.2. The SMILES string of the molecule is CCS(=O)(=O)N1CCC(Nc2nccc(-c3cn(CC(C)C)c(=O)n3-c3ccc(F)cc3)n2)CC1. The molecule has 3 aromatic rings. The number of piperidine rings is 1. The summed E-state index contributed by atoms with van der Waals surface area (Å²) in [5, 5.41) is 3.31. The fourth-order valence-electron chi connectivity index (χ4n) is 4.25. The van der Waals surface area contributed by atoms with Crippen LogP contribution in [0.4, 0.5) is 10.3 Å². The first kappa shape index (κ1) is 25.1. The molecule has 0 amide bonds. The second kappa shape index (κ2) is 10.3. The van der Waals surface area contributed by atoms with Crippen molar-refractivity contribution in [3.8, 4) is 17.1 Å². The summed E-state index contributed by atoms with van der Waals surface area (Å²) in [6.45, 7) is 7.16. The standard InChI is InChI=1S/C24H31FN6O3S/c1-4-35(33,34)30-13-10-19(11-14-30)27-23-26-12-9-21(28-23)22-16-29(15-17(2)3)24(32)31(22)20-7-5-18(25)6-8-20/h5-9,12,16-17,19H,4,10-11,13-15H2,1-3H3,(H,26,27,28). The molecule has 1 N–H and O–H groups in total. The molecule has 0 saturated carbocycles. The number of aromatic nitrogens is 4. The minimum absolute atomic E-state index is 0.0402. The lowest BCUT2D eigenvalue weighted by Gasteiger charge is -2.31. The zero-order valence-corrected chi connectivity index (χ0v) is 21.0. The Hall–Kier alpha value is -3.05. The van der Waals surface area contributed by atoms with Gasteiger partial charge in [-0.1, -0.05) is 13.8 Å². The molecule has 0 radical (unpaired) electrons. The Kier molecular flexibility index (Phi) is 7.36. The molecule has 11 heteroatoms. The summed E-state index contributed by atoms with van der Waals surface area (Å²) in [6.07, 6.45) is 4.70. The molecule has 0 aliphatic carbocycles. The Morgan fingerprint density at radius 1 is 1.14 bits per heavy atom. The summed E-state index contributed by atoms with van der Waals surface area (Å²) in [6, 6.07) is 7.55. The van der Waals surface area contributed by atoms with Crippen molar-refractivity contribution < 1.29 is 12.8 Å². The molecule has 1 fully saturated rings. The normalized spacial score (nSPS) is 15.6. The molecule has 1 saturated heterocycles. The largest absolute Gasteiger partial charge is 0.351 e. The van der Waals surface area contributed by atoms with Crippen LogP contribution < -0.4 is 11.0 Å². The highest BCUT2D eigenvalue weighted by atomic mass is 32.2. The minimum Gasteiger partial charge on any atom is -0.351 e. The van der Waals surface area contributed by atoms with Gasteiger partial charge in [-0.15, -0.1) is 0 Å². The Bertz CT molecular complexity index is 1330. The maximum Gasteiger partial charge on any atom is 0.333 e. The molecule has 1 aliphatic rings. The Morgan fingerprint density at radius 3 is 2.46 bits per heavy atom. The Morgan fingerprint density at radius 2 is 1.83 bits per heavy atom. The third-order valence-electron chi connectivity index (χ3n) is 6.07. The molecule has 4 rings (SSSR count). The van der Waals surface area contributed by atoms with Crippen molar-refractivity contribution >= 4 is 16.0 Å². The fourth-order valence-corrected chi connectivity index (χ4v) is 5.38. The van der Waals surface area contributed by atoms with Gasteiger partial charge in [0.1, 0.15) is 5.82 Å². The van der Waals surface area contributed by atoms with E-state index in [9.17, 15) is 17.6 Å². The van der Waals surface area contributed by atoms with Gasteiger partial charge in [0, 0.05) is 38.1 Å². The van der Waals surface area contributed by atoms with Crippen LogP contribution in [0.25, 0.3) is 17.1 Å².